The predicted octanol–water partition coefficient (Wildman–Crippen LogP) is 25.3. The fourth-order valence-corrected chi connectivity index (χ4v) is 12.4. The minimum Gasteiger partial charge on any atom is -0.466 e. The maximum Gasteiger partial charge on any atom is 0.305 e. The van der Waals surface area contributed by atoms with Gasteiger partial charge in [0.2, 0.25) is 5.91 Å². The number of hydrogen-bond acceptors (Lipinski definition) is 5. The number of hydrogen-bond donors (Lipinski definition) is 3. The monoisotopic (exact) mass is 1180 g/mol. The molecule has 6 heteroatoms. The highest BCUT2D eigenvalue weighted by atomic mass is 16.5. The predicted molar refractivity (Wildman–Crippen MR) is 370 cm³/mol. The maximum atomic E-state index is 12.6. The van der Waals surface area contributed by atoms with Crippen LogP contribution in [-0.4, -0.2) is 47.4 Å². The zero-order chi connectivity index (χ0) is 60.6. The summed E-state index contributed by atoms with van der Waals surface area (Å²) in [4.78, 5) is 24.6. The molecular formula is C78H151NO5. The number of ether oxygens (including phenoxy) is 1. The molecule has 0 aliphatic rings. The molecule has 0 bridgehead atoms. The lowest BCUT2D eigenvalue weighted by atomic mass is 10.0. The molecule has 0 rings (SSSR count). The van der Waals surface area contributed by atoms with Gasteiger partial charge < -0.3 is 20.3 Å². The van der Waals surface area contributed by atoms with Gasteiger partial charge in [0.15, 0.2) is 0 Å². The Labute approximate surface area is 526 Å². The van der Waals surface area contributed by atoms with Crippen LogP contribution in [0.3, 0.4) is 0 Å². The zero-order valence-electron chi connectivity index (χ0n) is 57.2. The molecule has 0 aliphatic carbocycles. The van der Waals surface area contributed by atoms with Crippen molar-refractivity contribution in [2.75, 3.05) is 13.2 Å². The number of aliphatic hydroxyl groups is 2. The van der Waals surface area contributed by atoms with Gasteiger partial charge in [0.1, 0.15) is 0 Å². The van der Waals surface area contributed by atoms with Gasteiger partial charge in [-0.3, -0.25) is 9.59 Å². The molecule has 498 valence electrons. The van der Waals surface area contributed by atoms with Crippen molar-refractivity contribution in [3.63, 3.8) is 0 Å². The van der Waals surface area contributed by atoms with Gasteiger partial charge in [-0.1, -0.05) is 398 Å². The van der Waals surface area contributed by atoms with Gasteiger partial charge in [0.25, 0.3) is 0 Å². The van der Waals surface area contributed by atoms with Crippen molar-refractivity contribution >= 4 is 11.9 Å². The Morgan fingerprint density at radius 2 is 0.619 bits per heavy atom. The highest BCUT2D eigenvalue weighted by Crippen LogP contribution is 2.20. The van der Waals surface area contributed by atoms with Crippen molar-refractivity contribution in [2.45, 2.75) is 450 Å². The normalized spacial score (nSPS) is 12.6. The van der Waals surface area contributed by atoms with E-state index in [9.17, 15) is 19.8 Å². The van der Waals surface area contributed by atoms with Gasteiger partial charge in [-0.15, -0.1) is 0 Å². The van der Waals surface area contributed by atoms with Crippen LogP contribution in [0.1, 0.15) is 438 Å². The summed E-state index contributed by atoms with van der Waals surface area (Å²) in [5.41, 5.74) is 0. The summed E-state index contributed by atoms with van der Waals surface area (Å²) in [6, 6.07) is -0.540. The third-order valence-corrected chi connectivity index (χ3v) is 18.2. The second kappa shape index (κ2) is 73.8. The van der Waals surface area contributed by atoms with E-state index in [0.29, 0.717) is 25.9 Å². The van der Waals surface area contributed by atoms with E-state index in [1.54, 1.807) is 0 Å². The first-order valence-electron chi connectivity index (χ1n) is 38.6. The van der Waals surface area contributed by atoms with Gasteiger partial charge in [0.05, 0.1) is 25.4 Å². The third kappa shape index (κ3) is 69.4. The number of nitrogens with one attached hydrogen (secondary N) is 1. The molecule has 0 spiro atoms. The Morgan fingerprint density at radius 3 is 0.952 bits per heavy atom. The third-order valence-electron chi connectivity index (χ3n) is 18.2. The first-order valence-corrected chi connectivity index (χ1v) is 38.6. The van der Waals surface area contributed by atoms with Crippen LogP contribution in [0.5, 0.6) is 0 Å². The lowest BCUT2D eigenvalue weighted by molar-refractivity contribution is -0.143. The van der Waals surface area contributed by atoms with Crippen LogP contribution in [0.4, 0.5) is 0 Å². The van der Waals surface area contributed by atoms with Crippen LogP contribution in [0.25, 0.3) is 0 Å². The molecule has 1 amide bonds. The summed E-state index contributed by atoms with van der Waals surface area (Å²) < 4.78 is 5.48. The molecule has 0 heterocycles. The van der Waals surface area contributed by atoms with E-state index in [-0.39, 0.29) is 18.5 Å². The van der Waals surface area contributed by atoms with Crippen molar-refractivity contribution in [1.29, 1.82) is 0 Å². The van der Waals surface area contributed by atoms with Crippen LogP contribution in [-0.2, 0) is 14.3 Å². The number of allylic oxidation sites excluding steroid dienone is 4. The average molecular weight is 1180 g/mol. The van der Waals surface area contributed by atoms with Crippen LogP contribution < -0.4 is 5.32 Å². The summed E-state index contributed by atoms with van der Waals surface area (Å²) >= 11 is 0. The van der Waals surface area contributed by atoms with Gasteiger partial charge >= 0.3 is 5.97 Å². The van der Waals surface area contributed by atoms with Crippen LogP contribution in [0.15, 0.2) is 24.3 Å². The van der Waals surface area contributed by atoms with Crippen molar-refractivity contribution < 1.29 is 24.5 Å². The van der Waals surface area contributed by atoms with E-state index in [0.717, 1.165) is 51.4 Å². The SMILES string of the molecule is CCC/C=C\C/C=C\CCCCCCCC(=O)OCCCCCCCCCCCCCCCCCCCCCCCCCCCCCCCC(=O)NC(CO)C(O)CCCCCCCCCCCCCCCCCCCCCCCCCCC. The molecule has 0 aromatic carbocycles. The number of unbranched alkanes of at least 4 members (excludes halogenated alkanes) is 58. The van der Waals surface area contributed by atoms with E-state index in [2.05, 4.69) is 43.5 Å². The molecule has 84 heavy (non-hydrogen) atoms. The molecule has 3 N–H and O–H groups in total. The Hall–Kier alpha value is -1.66. The van der Waals surface area contributed by atoms with E-state index < -0.39 is 12.1 Å². The Morgan fingerprint density at radius 1 is 0.333 bits per heavy atom. The Kier molecular flexibility index (Phi) is 72.3. The standard InChI is InChI=1S/C78H151NO5/c1-3-5-7-9-11-13-15-17-18-19-20-21-22-28-31-34-37-40-43-47-50-54-58-62-66-70-76(81)75(74-80)79-77(82)71-67-63-59-55-51-48-44-41-38-35-32-29-26-24-23-25-27-30-33-36-39-42-45-49-53-57-61-65-69-73-84-78(83)72-68-64-60-56-52-46-16-14-12-10-8-6-4-2/h8,10,14,16,75-76,80-81H,3-7,9,11-13,15,17-74H2,1-2H3,(H,79,82)/b10-8-,16-14-. The minimum atomic E-state index is -0.663. The lowest BCUT2D eigenvalue weighted by Crippen LogP contribution is -2.45. The fraction of sp³-hybridized carbons (Fsp3) is 0.923. The molecular weight excluding hydrogens is 1030 g/mol. The molecule has 0 aromatic heterocycles. The quantitative estimate of drug-likeness (QED) is 0.0320. The molecule has 0 saturated heterocycles. The highest BCUT2D eigenvalue weighted by molar-refractivity contribution is 5.76. The number of rotatable bonds is 73. The zero-order valence-corrected chi connectivity index (χ0v) is 57.2. The van der Waals surface area contributed by atoms with Gasteiger partial charge in [-0.2, -0.15) is 0 Å². The van der Waals surface area contributed by atoms with Gasteiger partial charge in [0, 0.05) is 12.8 Å². The number of amides is 1. The number of carbonyl (C=O) groups excluding carboxylic acids is 2. The highest BCUT2D eigenvalue weighted by Gasteiger charge is 2.20. The first kappa shape index (κ1) is 82.3. The van der Waals surface area contributed by atoms with Crippen molar-refractivity contribution in [2.24, 2.45) is 0 Å². The smallest absolute Gasteiger partial charge is 0.305 e. The topological polar surface area (TPSA) is 95.9 Å². The van der Waals surface area contributed by atoms with Crippen LogP contribution in [0, 0.1) is 0 Å². The second-order valence-corrected chi connectivity index (χ2v) is 26.7. The van der Waals surface area contributed by atoms with Crippen molar-refractivity contribution in [3.05, 3.63) is 24.3 Å². The largest absolute Gasteiger partial charge is 0.466 e. The molecule has 0 saturated carbocycles. The molecule has 6 nitrogen and oxygen atoms in total. The Bertz CT molecular complexity index is 1320. The first-order chi connectivity index (χ1) is 41.5. The van der Waals surface area contributed by atoms with Crippen LogP contribution >= 0.6 is 0 Å². The summed E-state index contributed by atoms with van der Waals surface area (Å²) in [6.45, 7) is 4.93. The minimum absolute atomic E-state index is 0.00501. The number of aliphatic hydroxyl groups excluding tert-OH is 2. The van der Waals surface area contributed by atoms with E-state index in [4.69, 9.17) is 4.74 Å². The lowest BCUT2D eigenvalue weighted by Gasteiger charge is -2.22. The molecule has 0 aromatic rings. The Balaban J connectivity index is 3.35. The second-order valence-electron chi connectivity index (χ2n) is 26.7. The number of carbonyl (C=O) groups is 2. The van der Waals surface area contributed by atoms with E-state index in [1.165, 1.54) is 353 Å². The molecule has 2 atom stereocenters. The summed E-state index contributed by atoms with van der Waals surface area (Å²) in [5, 5.41) is 23.5. The molecule has 0 fully saturated rings. The summed E-state index contributed by atoms with van der Waals surface area (Å²) in [6.07, 6.45) is 94.0. The van der Waals surface area contributed by atoms with Crippen molar-refractivity contribution in [1.82, 2.24) is 5.32 Å². The van der Waals surface area contributed by atoms with E-state index >= 15 is 0 Å². The van der Waals surface area contributed by atoms with Gasteiger partial charge in [-0.05, 0) is 51.4 Å². The molecule has 2 unspecified atom stereocenters. The van der Waals surface area contributed by atoms with E-state index in [1.807, 2.05) is 0 Å². The average Bonchev–Trinajstić information content (AvgIpc) is 3.51. The molecule has 0 aliphatic heterocycles. The van der Waals surface area contributed by atoms with Gasteiger partial charge in [-0.25, -0.2) is 0 Å². The summed E-state index contributed by atoms with van der Waals surface area (Å²) in [5.74, 6) is -0.0208. The fourth-order valence-electron chi connectivity index (χ4n) is 12.4. The number of esters is 1. The summed E-state index contributed by atoms with van der Waals surface area (Å²) in [7, 11) is 0. The van der Waals surface area contributed by atoms with Crippen molar-refractivity contribution in [3.8, 4) is 0 Å². The van der Waals surface area contributed by atoms with Crippen LogP contribution in [0.2, 0.25) is 0 Å². The molecule has 0 radical (unpaired) electrons. The maximum absolute atomic E-state index is 12.6.